The third-order valence-electron chi connectivity index (χ3n) is 13.5. The fraction of sp³-hybridized carbons (Fsp3) is 0.396. The van der Waals surface area contributed by atoms with Crippen molar-refractivity contribution < 1.29 is 29.3 Å². The minimum absolute atomic E-state index is 0.0686. The van der Waals surface area contributed by atoms with Crippen LogP contribution in [0.5, 0.6) is 17.2 Å². The van der Waals surface area contributed by atoms with Crippen LogP contribution >= 0.6 is 11.3 Å². The maximum absolute atomic E-state index is 13.6. The quantitative estimate of drug-likeness (QED) is 0.180. The number of hydrogen-bond donors (Lipinski definition) is 2. The Balaban J connectivity index is 0.000000172. The lowest BCUT2D eigenvalue weighted by Gasteiger charge is -2.56. The van der Waals surface area contributed by atoms with Crippen molar-refractivity contribution in [3.8, 4) is 27.7 Å². The first-order valence-electron chi connectivity index (χ1n) is 20.2. The zero-order chi connectivity index (χ0) is 39.2. The van der Waals surface area contributed by atoms with Gasteiger partial charge in [0.25, 0.3) is 0 Å². The molecule has 3 saturated carbocycles. The lowest BCUT2D eigenvalue weighted by Crippen LogP contribution is -2.50. The summed E-state index contributed by atoms with van der Waals surface area (Å²) in [5.74, 6) is 3.15. The van der Waals surface area contributed by atoms with Gasteiger partial charge in [0.1, 0.15) is 29.6 Å². The molecule has 1 saturated heterocycles. The Morgan fingerprint density at radius 1 is 0.929 bits per heavy atom. The SMILES string of the molecule is C=C1C[C@@H]2[C@H](CC[C@]3(C)C(=O)CC[C@@H]23)[C@@]2(C)C=CC(=O)C=C12.O=C(c1ccc(OCCN2CCCCC2)cc1)c1c(-c2ccc(O)cc2)sc2cc(O)ccc12. The van der Waals surface area contributed by atoms with Gasteiger partial charge < -0.3 is 14.9 Å². The molecule has 4 aromatic rings. The molecule has 290 valence electrons. The number of fused-ring (bicyclic) bond motifs is 6. The van der Waals surface area contributed by atoms with Gasteiger partial charge in [-0.2, -0.15) is 0 Å². The number of carbonyl (C=O) groups is 3. The van der Waals surface area contributed by atoms with E-state index in [1.54, 1.807) is 54.6 Å². The van der Waals surface area contributed by atoms with E-state index in [4.69, 9.17) is 4.74 Å². The van der Waals surface area contributed by atoms with Crippen LogP contribution in [0.15, 0.2) is 103 Å². The number of ether oxygens (including phenoxy) is 1. The first kappa shape index (κ1) is 38.1. The topological polar surface area (TPSA) is 104 Å². The number of Topliss-reactive ketones (excluding diaryl/α,β-unsaturated/α-hetero) is 1. The van der Waals surface area contributed by atoms with Gasteiger partial charge in [0.15, 0.2) is 11.6 Å². The summed E-state index contributed by atoms with van der Waals surface area (Å²) in [6.07, 6.45) is 14.3. The normalized spacial score (nSPS) is 27.1. The van der Waals surface area contributed by atoms with Gasteiger partial charge in [0, 0.05) is 49.9 Å². The van der Waals surface area contributed by atoms with E-state index in [1.165, 1.54) is 30.6 Å². The number of aromatic hydroxyl groups is 2. The third-order valence-corrected chi connectivity index (χ3v) is 14.7. The molecular weight excluding hydrogens is 719 g/mol. The smallest absolute Gasteiger partial charge is 0.195 e. The van der Waals surface area contributed by atoms with Crippen LogP contribution in [-0.4, -0.2) is 58.7 Å². The van der Waals surface area contributed by atoms with E-state index >= 15 is 0 Å². The summed E-state index contributed by atoms with van der Waals surface area (Å²) < 4.78 is 6.76. The molecule has 1 aromatic heterocycles. The maximum atomic E-state index is 13.6. The Bertz CT molecular complexity index is 2240. The zero-order valence-corrected chi connectivity index (χ0v) is 33.2. The molecule has 7 nitrogen and oxygen atoms in total. The van der Waals surface area contributed by atoms with Crippen LogP contribution in [0.25, 0.3) is 20.5 Å². The highest BCUT2D eigenvalue weighted by molar-refractivity contribution is 7.22. The summed E-state index contributed by atoms with van der Waals surface area (Å²) in [4.78, 5) is 41.1. The van der Waals surface area contributed by atoms with E-state index < -0.39 is 0 Å². The molecule has 3 aromatic carbocycles. The van der Waals surface area contributed by atoms with Gasteiger partial charge in [0.05, 0.1) is 0 Å². The van der Waals surface area contributed by atoms with Crippen molar-refractivity contribution in [2.75, 3.05) is 26.2 Å². The van der Waals surface area contributed by atoms with Crippen molar-refractivity contribution in [1.29, 1.82) is 0 Å². The molecule has 8 heteroatoms. The standard InChI is InChI=1S/C28H27NO4S.C20H24O2/c30-21-8-4-20(5-9-21)28-26(24-13-10-22(31)18-25(24)34-28)27(32)19-6-11-23(12-7-19)33-17-16-29-14-2-1-3-15-29;1-12-10-14-15-4-5-18(22)20(15,3)9-7-16(14)19(2)8-6-13(21)11-17(12)19/h4-13,18,30-31H,1-3,14-17H2;6,8,11,14-16H,1,4-5,7,9-10H2,2-3H3/t;14-,15-,16-,19+,20-/m.0/s1. The van der Waals surface area contributed by atoms with Crippen LogP contribution in [-0.2, 0) is 9.59 Å². The van der Waals surface area contributed by atoms with Gasteiger partial charge in [0.2, 0.25) is 0 Å². The summed E-state index contributed by atoms with van der Waals surface area (Å²) in [6, 6.07) is 19.2. The van der Waals surface area contributed by atoms with Crippen LogP contribution in [0.2, 0.25) is 0 Å². The second-order valence-electron chi connectivity index (χ2n) is 16.8. The largest absolute Gasteiger partial charge is 0.508 e. The molecule has 0 unspecified atom stereocenters. The molecule has 0 spiro atoms. The van der Waals surface area contributed by atoms with Crippen LogP contribution in [0, 0.1) is 28.6 Å². The number of thiophene rings is 1. The predicted octanol–water partition coefficient (Wildman–Crippen LogP) is 10.1. The highest BCUT2D eigenvalue weighted by Gasteiger charge is 2.59. The lowest BCUT2D eigenvalue weighted by molar-refractivity contribution is -0.131. The minimum Gasteiger partial charge on any atom is -0.508 e. The Morgan fingerprint density at radius 2 is 1.66 bits per heavy atom. The van der Waals surface area contributed by atoms with Gasteiger partial charge in [-0.15, -0.1) is 11.3 Å². The highest BCUT2D eigenvalue weighted by Crippen LogP contribution is 2.64. The van der Waals surface area contributed by atoms with Crippen LogP contribution in [0.1, 0.15) is 81.1 Å². The molecule has 1 aliphatic heterocycles. The van der Waals surface area contributed by atoms with Gasteiger partial charge in [-0.1, -0.05) is 38.5 Å². The van der Waals surface area contributed by atoms with Crippen molar-refractivity contribution in [3.05, 3.63) is 114 Å². The van der Waals surface area contributed by atoms with Gasteiger partial charge in [-0.05, 0) is 159 Å². The average molecular weight is 770 g/mol. The Hall–Kier alpha value is -4.79. The molecule has 2 N–H and O–H groups in total. The number of likely N-dealkylation sites (tertiary alicyclic amines) is 1. The summed E-state index contributed by atoms with van der Waals surface area (Å²) in [6.45, 7) is 12.6. The zero-order valence-electron chi connectivity index (χ0n) is 32.4. The maximum Gasteiger partial charge on any atom is 0.195 e. The van der Waals surface area contributed by atoms with Crippen molar-refractivity contribution in [1.82, 2.24) is 4.90 Å². The molecule has 5 atom stereocenters. The summed E-state index contributed by atoms with van der Waals surface area (Å²) in [7, 11) is 0. The summed E-state index contributed by atoms with van der Waals surface area (Å²) in [5, 5.41) is 20.4. The molecular formula is C48H51NO6S. The molecule has 4 fully saturated rings. The monoisotopic (exact) mass is 769 g/mol. The van der Waals surface area contributed by atoms with E-state index in [1.807, 2.05) is 24.3 Å². The molecule has 0 amide bonds. The number of nitrogens with zero attached hydrogens (tertiary/aromatic N) is 1. The number of benzene rings is 3. The highest BCUT2D eigenvalue weighted by atomic mass is 32.1. The molecule has 0 bridgehead atoms. The van der Waals surface area contributed by atoms with E-state index in [9.17, 15) is 24.6 Å². The van der Waals surface area contributed by atoms with E-state index in [0.29, 0.717) is 41.3 Å². The fourth-order valence-electron chi connectivity index (χ4n) is 10.4. The molecule has 5 aliphatic rings. The van der Waals surface area contributed by atoms with Crippen molar-refractivity contribution >= 4 is 38.8 Å². The van der Waals surface area contributed by atoms with Gasteiger partial charge in [-0.3, -0.25) is 19.3 Å². The van der Waals surface area contributed by atoms with Crippen molar-refractivity contribution in [3.63, 3.8) is 0 Å². The fourth-order valence-corrected chi connectivity index (χ4v) is 11.7. The van der Waals surface area contributed by atoms with E-state index in [2.05, 4.69) is 31.4 Å². The molecule has 0 radical (unpaired) electrons. The number of ketones is 3. The first-order valence-corrected chi connectivity index (χ1v) is 21.0. The van der Waals surface area contributed by atoms with Gasteiger partial charge >= 0.3 is 0 Å². The third kappa shape index (κ3) is 7.07. The van der Waals surface area contributed by atoms with E-state index in [-0.39, 0.29) is 33.9 Å². The molecule has 9 rings (SSSR count). The predicted molar refractivity (Wildman–Crippen MR) is 222 cm³/mol. The first-order chi connectivity index (χ1) is 26.9. The Morgan fingerprint density at radius 3 is 2.41 bits per heavy atom. The number of piperidine rings is 1. The minimum atomic E-state index is -0.104. The number of rotatable bonds is 7. The number of carbonyl (C=O) groups excluding carboxylic acids is 3. The summed E-state index contributed by atoms with van der Waals surface area (Å²) in [5.41, 5.74) is 4.12. The summed E-state index contributed by atoms with van der Waals surface area (Å²) >= 11 is 1.46. The number of phenolic OH excluding ortho intramolecular Hbond substituents is 2. The molecule has 56 heavy (non-hydrogen) atoms. The van der Waals surface area contributed by atoms with Crippen molar-refractivity contribution in [2.45, 2.75) is 65.2 Å². The Kier molecular flexibility index (Phi) is 10.4. The molecule has 4 aliphatic carbocycles. The van der Waals surface area contributed by atoms with Crippen LogP contribution in [0.4, 0.5) is 0 Å². The number of hydrogen-bond acceptors (Lipinski definition) is 8. The van der Waals surface area contributed by atoms with Gasteiger partial charge in [-0.25, -0.2) is 0 Å². The average Bonchev–Trinajstić information content (AvgIpc) is 3.72. The van der Waals surface area contributed by atoms with E-state index in [0.717, 1.165) is 89.2 Å². The second-order valence-corrected chi connectivity index (χ2v) is 17.9. The molecule has 2 heterocycles. The number of phenols is 2. The lowest BCUT2D eigenvalue weighted by atomic mass is 9.48. The number of allylic oxidation sites excluding steroid dienone is 5. The second kappa shape index (κ2) is 15.3. The van der Waals surface area contributed by atoms with Crippen LogP contribution in [0.3, 0.4) is 0 Å². The van der Waals surface area contributed by atoms with Crippen molar-refractivity contribution in [2.24, 2.45) is 28.6 Å². The van der Waals surface area contributed by atoms with Crippen LogP contribution < -0.4 is 4.74 Å². The Labute approximate surface area is 333 Å².